The number of hydrogen-bond donors (Lipinski definition) is 2. The smallest absolute Gasteiger partial charge is 0.240 e. The van der Waals surface area contributed by atoms with Crippen LogP contribution in [0.15, 0.2) is 52.3 Å². The molecule has 28 heavy (non-hydrogen) atoms. The van der Waals surface area contributed by atoms with Crippen LogP contribution in [-0.4, -0.2) is 33.7 Å². The zero-order valence-electron chi connectivity index (χ0n) is 16.5. The summed E-state index contributed by atoms with van der Waals surface area (Å²) in [6.45, 7) is 5.84. The first kappa shape index (κ1) is 22.3. The molecule has 0 saturated carbocycles. The Labute approximate surface area is 171 Å². The van der Waals surface area contributed by atoms with Crippen molar-refractivity contribution in [3.05, 3.63) is 48.0 Å². The number of carbonyl (C=O) groups excluding carboxylic acids is 1. The Bertz CT molecular complexity index is 928. The number of carbonyl (C=O) groups is 1. The van der Waals surface area contributed by atoms with Crippen molar-refractivity contribution in [3.63, 3.8) is 0 Å². The summed E-state index contributed by atoms with van der Waals surface area (Å²) >= 11 is 1.44. The molecule has 0 radical (unpaired) electrons. The average molecular weight is 423 g/mol. The van der Waals surface area contributed by atoms with E-state index in [0.717, 1.165) is 16.2 Å². The predicted molar refractivity (Wildman–Crippen MR) is 114 cm³/mol. The van der Waals surface area contributed by atoms with E-state index in [1.807, 2.05) is 37.4 Å². The van der Waals surface area contributed by atoms with Crippen molar-refractivity contribution in [1.29, 1.82) is 0 Å². The summed E-state index contributed by atoms with van der Waals surface area (Å²) in [6.07, 6.45) is 1.87. The van der Waals surface area contributed by atoms with Gasteiger partial charge in [0.2, 0.25) is 15.9 Å². The van der Waals surface area contributed by atoms with Gasteiger partial charge in [-0.3, -0.25) is 4.79 Å². The standard InChI is InChI=1S/C20H26N2O4S2/c1-14(2)20(23)22-17-13-16(9-10-19(17)27-4)28(24,25)21-11-12-26-18-8-6-5-7-15(18)3/h5-10,13-14,21H,11-12H2,1-4H3,(H,22,23). The monoisotopic (exact) mass is 422 g/mol. The zero-order valence-corrected chi connectivity index (χ0v) is 18.1. The highest BCUT2D eigenvalue weighted by atomic mass is 32.2. The summed E-state index contributed by atoms with van der Waals surface area (Å²) < 4.78 is 33.3. The molecule has 0 spiro atoms. The van der Waals surface area contributed by atoms with Crippen molar-refractivity contribution >= 4 is 33.4 Å². The van der Waals surface area contributed by atoms with Gasteiger partial charge in [0.1, 0.15) is 12.4 Å². The van der Waals surface area contributed by atoms with E-state index in [2.05, 4.69) is 10.0 Å². The summed E-state index contributed by atoms with van der Waals surface area (Å²) in [7, 11) is -3.72. The fourth-order valence-corrected chi connectivity index (χ4v) is 3.94. The van der Waals surface area contributed by atoms with E-state index in [1.54, 1.807) is 19.9 Å². The van der Waals surface area contributed by atoms with Crippen LogP contribution in [0.25, 0.3) is 0 Å². The maximum atomic E-state index is 12.6. The molecule has 0 bridgehead atoms. The molecule has 1 amide bonds. The number of sulfonamides is 1. The maximum absolute atomic E-state index is 12.6. The molecule has 2 N–H and O–H groups in total. The van der Waals surface area contributed by atoms with Gasteiger partial charge in [0, 0.05) is 17.4 Å². The molecule has 0 unspecified atom stereocenters. The molecule has 0 aliphatic heterocycles. The molecule has 0 atom stereocenters. The number of thioether (sulfide) groups is 1. The highest BCUT2D eigenvalue weighted by Gasteiger charge is 2.17. The number of anilines is 1. The summed E-state index contributed by atoms with van der Waals surface area (Å²) in [6, 6.07) is 12.3. The Balaban J connectivity index is 2.05. The Morgan fingerprint density at radius 2 is 1.89 bits per heavy atom. The van der Waals surface area contributed by atoms with E-state index < -0.39 is 10.0 Å². The molecule has 0 aliphatic carbocycles. The minimum absolute atomic E-state index is 0.0975. The summed E-state index contributed by atoms with van der Waals surface area (Å²) in [5, 5.41) is 2.79. The molecule has 6 nitrogen and oxygen atoms in total. The first-order chi connectivity index (χ1) is 13.2. The largest absolute Gasteiger partial charge is 0.492 e. The second-order valence-electron chi connectivity index (χ2n) is 6.52. The van der Waals surface area contributed by atoms with Crippen LogP contribution in [-0.2, 0) is 14.8 Å². The van der Waals surface area contributed by atoms with Gasteiger partial charge in [-0.15, -0.1) is 11.8 Å². The predicted octanol–water partition coefficient (Wildman–Crippen LogP) is 3.67. The van der Waals surface area contributed by atoms with Crippen LogP contribution < -0.4 is 14.8 Å². The Morgan fingerprint density at radius 3 is 2.54 bits per heavy atom. The van der Waals surface area contributed by atoms with Crippen molar-refractivity contribution in [3.8, 4) is 5.75 Å². The Kier molecular flexibility index (Phi) is 7.91. The van der Waals surface area contributed by atoms with Crippen molar-refractivity contribution in [1.82, 2.24) is 4.72 Å². The van der Waals surface area contributed by atoms with Gasteiger partial charge in [0.15, 0.2) is 0 Å². The van der Waals surface area contributed by atoms with Crippen molar-refractivity contribution < 1.29 is 17.9 Å². The lowest BCUT2D eigenvalue weighted by atomic mass is 10.2. The van der Waals surface area contributed by atoms with E-state index in [9.17, 15) is 13.2 Å². The third-order valence-corrected chi connectivity index (χ3v) is 6.26. The fourth-order valence-electron chi connectivity index (χ4n) is 2.37. The Hall–Kier alpha value is -2.03. The molecule has 0 aromatic heterocycles. The highest BCUT2D eigenvalue weighted by molar-refractivity contribution is 7.98. The highest BCUT2D eigenvalue weighted by Crippen LogP contribution is 2.28. The molecule has 2 aromatic rings. The summed E-state index contributed by atoms with van der Waals surface area (Å²) in [4.78, 5) is 12.9. The lowest BCUT2D eigenvalue weighted by molar-refractivity contribution is -0.118. The lowest BCUT2D eigenvalue weighted by Gasteiger charge is -2.14. The molecule has 2 rings (SSSR count). The van der Waals surface area contributed by atoms with Crippen LogP contribution in [0.3, 0.4) is 0 Å². The van der Waals surface area contributed by atoms with Crippen LogP contribution >= 0.6 is 11.8 Å². The van der Waals surface area contributed by atoms with E-state index >= 15 is 0 Å². The summed E-state index contributed by atoms with van der Waals surface area (Å²) in [5.74, 6) is 0.362. The van der Waals surface area contributed by atoms with Crippen LogP contribution in [0.4, 0.5) is 5.69 Å². The van der Waals surface area contributed by atoms with Crippen LogP contribution in [0, 0.1) is 12.8 Å². The van der Waals surface area contributed by atoms with E-state index in [1.165, 1.54) is 23.9 Å². The second-order valence-corrected chi connectivity index (χ2v) is 9.13. The van der Waals surface area contributed by atoms with Gasteiger partial charge in [-0.25, -0.2) is 13.1 Å². The van der Waals surface area contributed by atoms with E-state index in [4.69, 9.17) is 4.74 Å². The molecule has 2 aromatic carbocycles. The average Bonchev–Trinajstić information content (AvgIpc) is 2.66. The number of hydrogen-bond acceptors (Lipinski definition) is 5. The van der Waals surface area contributed by atoms with Crippen LogP contribution in [0.2, 0.25) is 0 Å². The number of aryl methyl sites for hydroxylation is 1. The summed E-state index contributed by atoms with van der Waals surface area (Å²) in [5.41, 5.74) is 1.48. The normalized spacial score (nSPS) is 11.5. The lowest BCUT2D eigenvalue weighted by Crippen LogP contribution is -2.28. The number of para-hydroxylation sites is 1. The van der Waals surface area contributed by atoms with Gasteiger partial charge in [0.25, 0.3) is 0 Å². The minimum Gasteiger partial charge on any atom is -0.492 e. The molecule has 0 heterocycles. The number of amides is 1. The SMILES string of the molecule is CSc1ccc(S(=O)(=O)NCCOc2ccccc2C)cc1NC(=O)C(C)C. The molecular formula is C20H26N2O4S2. The third kappa shape index (κ3) is 5.98. The fraction of sp³-hybridized carbons (Fsp3) is 0.350. The molecular weight excluding hydrogens is 396 g/mol. The Morgan fingerprint density at radius 1 is 1.18 bits per heavy atom. The molecule has 0 saturated heterocycles. The van der Waals surface area contributed by atoms with E-state index in [-0.39, 0.29) is 29.9 Å². The first-order valence-corrected chi connectivity index (χ1v) is 11.6. The van der Waals surface area contributed by atoms with Gasteiger partial charge in [-0.05, 0) is 43.0 Å². The second kappa shape index (κ2) is 9.95. The molecule has 8 heteroatoms. The molecule has 0 aliphatic rings. The quantitative estimate of drug-likeness (QED) is 0.476. The topological polar surface area (TPSA) is 84.5 Å². The molecule has 0 fully saturated rings. The van der Waals surface area contributed by atoms with Crippen LogP contribution in [0.5, 0.6) is 5.75 Å². The van der Waals surface area contributed by atoms with Gasteiger partial charge in [-0.2, -0.15) is 0 Å². The van der Waals surface area contributed by atoms with Crippen LogP contribution in [0.1, 0.15) is 19.4 Å². The van der Waals surface area contributed by atoms with Crippen molar-refractivity contribution in [2.45, 2.75) is 30.6 Å². The number of ether oxygens (including phenoxy) is 1. The molecule has 152 valence electrons. The van der Waals surface area contributed by atoms with Gasteiger partial charge >= 0.3 is 0 Å². The van der Waals surface area contributed by atoms with Gasteiger partial charge in [0.05, 0.1) is 10.6 Å². The first-order valence-electron chi connectivity index (χ1n) is 8.91. The number of benzene rings is 2. The zero-order chi connectivity index (χ0) is 20.7. The van der Waals surface area contributed by atoms with E-state index in [0.29, 0.717) is 5.69 Å². The number of rotatable bonds is 9. The van der Waals surface area contributed by atoms with Crippen molar-refractivity contribution in [2.24, 2.45) is 5.92 Å². The van der Waals surface area contributed by atoms with Gasteiger partial charge in [-0.1, -0.05) is 32.0 Å². The minimum atomic E-state index is -3.72. The van der Waals surface area contributed by atoms with Gasteiger partial charge < -0.3 is 10.1 Å². The van der Waals surface area contributed by atoms with Crippen molar-refractivity contribution in [2.75, 3.05) is 24.7 Å². The third-order valence-electron chi connectivity index (χ3n) is 4.01. The maximum Gasteiger partial charge on any atom is 0.240 e. The number of nitrogens with one attached hydrogen (secondary N) is 2.